The van der Waals surface area contributed by atoms with Crippen LogP contribution in [-0.2, 0) is 9.73 Å². The van der Waals surface area contributed by atoms with Crippen molar-refractivity contribution in [2.45, 2.75) is 19.8 Å². The molecule has 0 aliphatic heterocycles. The minimum atomic E-state index is -0.265. The van der Waals surface area contributed by atoms with E-state index < -0.39 is 0 Å². The van der Waals surface area contributed by atoms with Gasteiger partial charge in [0.05, 0.1) is 0 Å². The van der Waals surface area contributed by atoms with Crippen molar-refractivity contribution in [3.63, 3.8) is 0 Å². The Kier molecular flexibility index (Phi) is 8.91. The summed E-state index contributed by atoms with van der Waals surface area (Å²) in [5, 5.41) is 6.07. The van der Waals surface area contributed by atoms with E-state index in [-0.39, 0.29) is 5.91 Å². The molecule has 0 unspecified atom stereocenters. The molecular formula is C11H19N3O2. The van der Waals surface area contributed by atoms with Gasteiger partial charge in [-0.3, -0.25) is 9.73 Å². The van der Waals surface area contributed by atoms with Crippen molar-refractivity contribution >= 4 is 12.1 Å². The zero-order valence-electron chi connectivity index (χ0n) is 9.66. The van der Waals surface area contributed by atoms with Crippen LogP contribution < -0.4 is 10.8 Å². The summed E-state index contributed by atoms with van der Waals surface area (Å²) in [5.41, 5.74) is 3.49. The van der Waals surface area contributed by atoms with Crippen LogP contribution in [0.2, 0.25) is 0 Å². The lowest BCUT2D eigenvalue weighted by molar-refractivity contribution is -0.114. The molecule has 0 heterocycles. The molecule has 0 saturated carbocycles. The van der Waals surface area contributed by atoms with E-state index in [0.717, 1.165) is 24.6 Å². The van der Waals surface area contributed by atoms with Crippen LogP contribution in [0, 0.1) is 0 Å². The number of carbonyl (C=O) groups is 1. The summed E-state index contributed by atoms with van der Waals surface area (Å²) >= 11 is 0. The number of nitrogens with zero attached hydrogens (tertiary/aromatic N) is 1. The molecule has 0 aromatic rings. The molecule has 2 N–H and O–H groups in total. The van der Waals surface area contributed by atoms with Gasteiger partial charge in [-0.25, -0.2) is 0 Å². The minimum Gasteiger partial charge on any atom is -0.351 e. The maximum Gasteiger partial charge on any atom is 0.265 e. The van der Waals surface area contributed by atoms with Gasteiger partial charge in [0, 0.05) is 13.1 Å². The average Bonchev–Trinajstić information content (AvgIpc) is 2.30. The first-order valence-corrected chi connectivity index (χ1v) is 5.21. The number of amides is 1. The molecular weight excluding hydrogens is 206 g/mol. The molecule has 0 saturated heterocycles. The Morgan fingerprint density at radius 2 is 2.25 bits per heavy atom. The van der Waals surface area contributed by atoms with E-state index in [1.165, 1.54) is 0 Å². The summed E-state index contributed by atoms with van der Waals surface area (Å²) in [5.74, 6) is -0.265. The molecule has 0 aliphatic rings. The second-order valence-corrected chi connectivity index (χ2v) is 3.12. The van der Waals surface area contributed by atoms with E-state index >= 15 is 0 Å². The molecule has 16 heavy (non-hydrogen) atoms. The Labute approximate surface area is 96.2 Å². The summed E-state index contributed by atoms with van der Waals surface area (Å²) in [6.07, 6.45) is 4.39. The standard InChI is InChI=1S/C11H19N3O2/c1-4-7-12-11(15)9-14-16-13-8-6-10(3)5-2/h5,9,13H,2-4,6-8H2,1H3,(H,12,15)/b14-9+. The van der Waals surface area contributed by atoms with Crippen LogP contribution in [0.4, 0.5) is 0 Å². The van der Waals surface area contributed by atoms with E-state index in [4.69, 9.17) is 0 Å². The molecule has 0 radical (unpaired) electrons. The molecule has 5 nitrogen and oxygen atoms in total. The van der Waals surface area contributed by atoms with Crippen molar-refractivity contribution in [1.82, 2.24) is 10.8 Å². The highest BCUT2D eigenvalue weighted by Gasteiger charge is 1.93. The van der Waals surface area contributed by atoms with E-state index in [1.807, 2.05) is 6.92 Å². The fourth-order valence-electron chi connectivity index (χ4n) is 0.765. The van der Waals surface area contributed by atoms with E-state index in [0.29, 0.717) is 13.1 Å². The Balaban J connectivity index is 3.43. The summed E-state index contributed by atoms with van der Waals surface area (Å²) in [6, 6.07) is 0. The summed E-state index contributed by atoms with van der Waals surface area (Å²) in [4.78, 5) is 15.7. The molecule has 0 aliphatic carbocycles. The Hall–Kier alpha value is -1.62. The molecule has 0 bridgehead atoms. The van der Waals surface area contributed by atoms with Crippen molar-refractivity contribution in [3.8, 4) is 0 Å². The van der Waals surface area contributed by atoms with Crippen molar-refractivity contribution in [3.05, 3.63) is 24.8 Å². The third kappa shape index (κ3) is 8.96. The van der Waals surface area contributed by atoms with Crippen LogP contribution >= 0.6 is 0 Å². The molecule has 0 aromatic heterocycles. The smallest absolute Gasteiger partial charge is 0.265 e. The van der Waals surface area contributed by atoms with E-state index in [2.05, 4.69) is 34.0 Å². The monoisotopic (exact) mass is 225 g/mol. The van der Waals surface area contributed by atoms with Crippen LogP contribution in [0.5, 0.6) is 0 Å². The Morgan fingerprint density at radius 3 is 2.88 bits per heavy atom. The summed E-state index contributed by atoms with van der Waals surface area (Å²) < 4.78 is 0. The molecule has 1 amide bonds. The number of hydroxylamine groups is 1. The molecule has 0 aromatic carbocycles. The lowest BCUT2D eigenvalue weighted by Crippen LogP contribution is -2.25. The average molecular weight is 225 g/mol. The highest BCUT2D eigenvalue weighted by molar-refractivity contribution is 6.26. The summed E-state index contributed by atoms with van der Waals surface area (Å²) in [6.45, 7) is 10.5. The van der Waals surface area contributed by atoms with Crippen LogP contribution in [0.15, 0.2) is 30.0 Å². The first-order chi connectivity index (χ1) is 7.70. The van der Waals surface area contributed by atoms with Crippen molar-refractivity contribution in [1.29, 1.82) is 0 Å². The number of hydrogen-bond donors (Lipinski definition) is 2. The molecule has 0 spiro atoms. The maximum atomic E-state index is 11.0. The zero-order chi connectivity index (χ0) is 12.2. The first-order valence-electron chi connectivity index (χ1n) is 5.21. The van der Waals surface area contributed by atoms with Gasteiger partial charge in [-0.05, 0) is 12.8 Å². The van der Waals surface area contributed by atoms with Crippen LogP contribution in [0.3, 0.4) is 0 Å². The van der Waals surface area contributed by atoms with Gasteiger partial charge in [0.25, 0.3) is 5.91 Å². The van der Waals surface area contributed by atoms with E-state index in [1.54, 1.807) is 6.08 Å². The van der Waals surface area contributed by atoms with Crippen molar-refractivity contribution in [2.24, 2.45) is 5.16 Å². The van der Waals surface area contributed by atoms with E-state index in [9.17, 15) is 4.79 Å². The minimum absolute atomic E-state index is 0.265. The van der Waals surface area contributed by atoms with Gasteiger partial charge >= 0.3 is 0 Å². The van der Waals surface area contributed by atoms with Crippen molar-refractivity contribution in [2.75, 3.05) is 13.1 Å². The lowest BCUT2D eigenvalue weighted by Gasteiger charge is -2.01. The van der Waals surface area contributed by atoms with Gasteiger partial charge in [-0.15, -0.1) is 5.48 Å². The van der Waals surface area contributed by atoms with Crippen LogP contribution in [0.25, 0.3) is 0 Å². The number of allylic oxidation sites excluding steroid dienone is 1. The SMILES string of the molecule is C=CC(=C)CCNO/N=C/C(=O)NCCC. The fraction of sp³-hybridized carbons (Fsp3) is 0.455. The summed E-state index contributed by atoms with van der Waals surface area (Å²) in [7, 11) is 0. The molecule has 5 heteroatoms. The zero-order valence-corrected chi connectivity index (χ0v) is 9.66. The van der Waals surface area contributed by atoms with Gasteiger partial charge in [0.1, 0.15) is 6.21 Å². The number of rotatable bonds is 9. The van der Waals surface area contributed by atoms with Gasteiger partial charge in [0.15, 0.2) is 0 Å². The molecule has 0 rings (SSSR count). The third-order valence-electron chi connectivity index (χ3n) is 1.67. The normalized spacial score (nSPS) is 10.1. The second-order valence-electron chi connectivity index (χ2n) is 3.12. The quantitative estimate of drug-likeness (QED) is 0.268. The molecule has 0 fully saturated rings. The molecule has 90 valence electrons. The lowest BCUT2D eigenvalue weighted by atomic mass is 10.2. The number of carbonyl (C=O) groups excluding carboxylic acids is 1. The van der Waals surface area contributed by atoms with Crippen molar-refractivity contribution < 1.29 is 9.73 Å². The first kappa shape index (κ1) is 14.4. The molecule has 0 atom stereocenters. The van der Waals surface area contributed by atoms with Gasteiger partial charge in [-0.2, -0.15) is 0 Å². The third-order valence-corrected chi connectivity index (χ3v) is 1.67. The highest BCUT2D eigenvalue weighted by Crippen LogP contribution is 1.95. The maximum absolute atomic E-state index is 11.0. The predicted molar refractivity (Wildman–Crippen MR) is 64.8 cm³/mol. The van der Waals surface area contributed by atoms with Gasteiger partial charge in [0.2, 0.25) is 0 Å². The fourth-order valence-corrected chi connectivity index (χ4v) is 0.765. The van der Waals surface area contributed by atoms with Crippen LogP contribution in [-0.4, -0.2) is 25.2 Å². The predicted octanol–water partition coefficient (Wildman–Crippen LogP) is 1.15. The number of nitrogens with one attached hydrogen (secondary N) is 2. The topological polar surface area (TPSA) is 62.7 Å². The largest absolute Gasteiger partial charge is 0.351 e. The number of oxime groups is 1. The highest BCUT2D eigenvalue weighted by atomic mass is 16.8. The second kappa shape index (κ2) is 9.92. The van der Waals surface area contributed by atoms with Gasteiger partial charge in [-0.1, -0.05) is 36.9 Å². The number of hydrogen-bond acceptors (Lipinski definition) is 4. The Bertz CT molecular complexity index is 262. The Morgan fingerprint density at radius 1 is 1.50 bits per heavy atom. The van der Waals surface area contributed by atoms with Crippen LogP contribution in [0.1, 0.15) is 19.8 Å². The van der Waals surface area contributed by atoms with Gasteiger partial charge < -0.3 is 5.32 Å².